The van der Waals surface area contributed by atoms with Gasteiger partial charge in [0.1, 0.15) is 12.1 Å². The summed E-state index contributed by atoms with van der Waals surface area (Å²) < 4.78 is 1.84. The molecule has 3 aromatic heterocycles. The Morgan fingerprint density at radius 1 is 1.03 bits per heavy atom. The maximum Gasteiger partial charge on any atom is 0.237 e. The second-order valence-corrected chi connectivity index (χ2v) is 8.35. The Morgan fingerprint density at radius 3 is 2.72 bits per heavy atom. The van der Waals surface area contributed by atoms with Gasteiger partial charge in [-0.15, -0.1) is 0 Å². The van der Waals surface area contributed by atoms with Crippen molar-refractivity contribution in [2.24, 2.45) is 0 Å². The molecule has 0 saturated carbocycles. The van der Waals surface area contributed by atoms with Crippen LogP contribution < -0.4 is 10.2 Å². The highest BCUT2D eigenvalue weighted by Crippen LogP contribution is 2.24. The van der Waals surface area contributed by atoms with Crippen LogP contribution in [0, 0.1) is 6.92 Å². The Morgan fingerprint density at radius 2 is 1.91 bits per heavy atom. The summed E-state index contributed by atoms with van der Waals surface area (Å²) in [6.45, 7) is 7.74. The van der Waals surface area contributed by atoms with Crippen LogP contribution >= 0.6 is 11.6 Å². The number of imidazole rings is 1. The molecule has 1 N–H and O–H groups in total. The molecule has 0 bridgehead atoms. The molecule has 9 heteroatoms. The number of aryl methyl sites for hydroxylation is 1. The quantitative estimate of drug-likeness (QED) is 0.484. The maximum atomic E-state index is 6.09. The van der Waals surface area contributed by atoms with E-state index in [1.807, 2.05) is 48.1 Å². The van der Waals surface area contributed by atoms with Crippen LogP contribution in [0.5, 0.6) is 0 Å². The van der Waals surface area contributed by atoms with Gasteiger partial charge in [0.15, 0.2) is 0 Å². The first-order chi connectivity index (χ1) is 15.7. The fraction of sp³-hybridized carbons (Fsp3) is 0.304. The zero-order valence-electron chi connectivity index (χ0n) is 17.9. The van der Waals surface area contributed by atoms with Gasteiger partial charge in [-0.2, -0.15) is 4.98 Å². The van der Waals surface area contributed by atoms with E-state index < -0.39 is 0 Å². The van der Waals surface area contributed by atoms with E-state index in [0.717, 1.165) is 67.4 Å². The zero-order valence-corrected chi connectivity index (χ0v) is 18.7. The third-order valence-corrected chi connectivity index (χ3v) is 5.94. The molecule has 1 aromatic carbocycles. The van der Waals surface area contributed by atoms with Crippen molar-refractivity contribution in [2.75, 3.05) is 49.5 Å². The van der Waals surface area contributed by atoms with E-state index in [2.05, 4.69) is 36.1 Å². The van der Waals surface area contributed by atoms with Crippen molar-refractivity contribution >= 4 is 34.0 Å². The lowest BCUT2D eigenvalue weighted by Gasteiger charge is -2.35. The molecule has 0 spiro atoms. The molecule has 1 fully saturated rings. The largest absolute Gasteiger partial charge is 0.383 e. The predicted molar refractivity (Wildman–Crippen MR) is 128 cm³/mol. The summed E-state index contributed by atoms with van der Waals surface area (Å²) in [6.07, 6.45) is 7.15. The monoisotopic (exact) mass is 448 g/mol. The zero-order chi connectivity index (χ0) is 21.9. The van der Waals surface area contributed by atoms with Gasteiger partial charge in [-0.25, -0.2) is 9.97 Å². The number of nitrogens with zero attached hydrogens (tertiary/aromatic N) is 7. The third-order valence-electron chi connectivity index (χ3n) is 5.71. The van der Waals surface area contributed by atoms with Crippen LogP contribution in [0.2, 0.25) is 5.02 Å². The molecule has 0 amide bonds. The molecule has 0 atom stereocenters. The third kappa shape index (κ3) is 4.51. The van der Waals surface area contributed by atoms with Gasteiger partial charge in [-0.3, -0.25) is 14.5 Å². The van der Waals surface area contributed by atoms with Gasteiger partial charge in [-0.1, -0.05) is 11.6 Å². The lowest BCUT2D eigenvalue weighted by atomic mass is 10.2. The summed E-state index contributed by atoms with van der Waals surface area (Å²) in [7, 11) is 0. The van der Waals surface area contributed by atoms with Crippen LogP contribution in [0.3, 0.4) is 0 Å². The fourth-order valence-corrected chi connectivity index (χ4v) is 4.18. The number of pyridine rings is 1. The molecule has 4 aromatic rings. The number of anilines is 2. The maximum absolute atomic E-state index is 6.09. The lowest BCUT2D eigenvalue weighted by molar-refractivity contribution is 0.266. The molecule has 1 aliphatic rings. The number of aromatic nitrogens is 5. The number of nitrogens with one attached hydrogen (secondary N) is 1. The van der Waals surface area contributed by atoms with Crippen molar-refractivity contribution in [3.63, 3.8) is 0 Å². The van der Waals surface area contributed by atoms with Gasteiger partial charge in [0.25, 0.3) is 0 Å². The van der Waals surface area contributed by atoms with Gasteiger partial charge < -0.3 is 10.2 Å². The number of rotatable bonds is 6. The molecule has 32 heavy (non-hydrogen) atoms. The molecule has 4 heterocycles. The van der Waals surface area contributed by atoms with Crippen molar-refractivity contribution in [2.45, 2.75) is 6.92 Å². The SMILES string of the molecule is Cc1cc(N2CCN(CCNc3ccnc4cc(Cl)ccc34)CC2)nc(-n2ccnc2)n1. The Balaban J connectivity index is 1.17. The number of benzene rings is 1. The van der Waals surface area contributed by atoms with E-state index in [4.69, 9.17) is 16.6 Å². The standard InChI is InChI=1S/C23H25ClN8/c1-17-14-22(29-23(28-17)32-9-6-25-16-32)31-12-10-30(11-13-31)8-7-27-20-4-5-26-21-15-18(24)2-3-19(20)21/h2-6,9,14-16H,7-8,10-13H2,1H3,(H,26,27). The van der Waals surface area contributed by atoms with E-state index >= 15 is 0 Å². The number of piperazine rings is 1. The van der Waals surface area contributed by atoms with Gasteiger partial charge in [0, 0.05) is 85.7 Å². The van der Waals surface area contributed by atoms with E-state index in [-0.39, 0.29) is 0 Å². The van der Waals surface area contributed by atoms with E-state index in [0.29, 0.717) is 11.0 Å². The van der Waals surface area contributed by atoms with Crippen LogP contribution in [-0.2, 0) is 0 Å². The summed E-state index contributed by atoms with van der Waals surface area (Å²) in [4.78, 5) is 22.6. The molecule has 1 saturated heterocycles. The van der Waals surface area contributed by atoms with Crippen LogP contribution in [0.25, 0.3) is 16.9 Å². The molecule has 1 aliphatic heterocycles. The van der Waals surface area contributed by atoms with Gasteiger partial charge in [0.2, 0.25) is 5.95 Å². The minimum atomic E-state index is 0.662. The summed E-state index contributed by atoms with van der Waals surface area (Å²) in [5.74, 6) is 1.64. The Bertz CT molecular complexity index is 1200. The van der Waals surface area contributed by atoms with Crippen LogP contribution in [-0.4, -0.2) is 68.7 Å². The Labute approximate surface area is 191 Å². The predicted octanol–water partition coefficient (Wildman–Crippen LogP) is 3.41. The summed E-state index contributed by atoms with van der Waals surface area (Å²) in [6, 6.07) is 9.90. The summed E-state index contributed by atoms with van der Waals surface area (Å²) >= 11 is 6.09. The van der Waals surface area contributed by atoms with Gasteiger partial charge in [-0.05, 0) is 31.2 Å². The second-order valence-electron chi connectivity index (χ2n) is 7.91. The number of fused-ring (bicyclic) bond motifs is 1. The number of hydrogen-bond donors (Lipinski definition) is 1. The molecule has 8 nitrogen and oxygen atoms in total. The van der Waals surface area contributed by atoms with Gasteiger partial charge >= 0.3 is 0 Å². The normalized spacial score (nSPS) is 14.8. The van der Waals surface area contributed by atoms with Gasteiger partial charge in [0.05, 0.1) is 5.52 Å². The van der Waals surface area contributed by atoms with Crippen LogP contribution in [0.1, 0.15) is 5.69 Å². The molecule has 0 aliphatic carbocycles. The average molecular weight is 449 g/mol. The number of halogens is 1. The highest BCUT2D eigenvalue weighted by molar-refractivity contribution is 6.31. The first-order valence-corrected chi connectivity index (χ1v) is 11.1. The Hall–Kier alpha value is -3.23. The van der Waals surface area contributed by atoms with E-state index in [1.165, 1.54) is 0 Å². The first-order valence-electron chi connectivity index (χ1n) is 10.8. The van der Waals surface area contributed by atoms with Crippen molar-refractivity contribution in [1.82, 2.24) is 29.4 Å². The topological polar surface area (TPSA) is 75.0 Å². The van der Waals surface area contributed by atoms with Crippen LogP contribution in [0.4, 0.5) is 11.5 Å². The minimum absolute atomic E-state index is 0.662. The smallest absolute Gasteiger partial charge is 0.237 e. The number of hydrogen-bond acceptors (Lipinski definition) is 7. The summed E-state index contributed by atoms with van der Waals surface area (Å²) in [5, 5.41) is 5.36. The average Bonchev–Trinajstić information content (AvgIpc) is 3.34. The molecule has 164 valence electrons. The van der Waals surface area contributed by atoms with Crippen molar-refractivity contribution < 1.29 is 0 Å². The fourth-order valence-electron chi connectivity index (χ4n) is 4.02. The van der Waals surface area contributed by atoms with Crippen molar-refractivity contribution in [1.29, 1.82) is 0 Å². The van der Waals surface area contributed by atoms with Crippen LogP contribution in [0.15, 0.2) is 55.2 Å². The first kappa shape index (κ1) is 20.7. The lowest BCUT2D eigenvalue weighted by Crippen LogP contribution is -2.48. The Kier molecular flexibility index (Phi) is 5.87. The minimum Gasteiger partial charge on any atom is -0.383 e. The van der Waals surface area contributed by atoms with Crippen molar-refractivity contribution in [3.05, 3.63) is 66.0 Å². The summed E-state index contributed by atoms with van der Waals surface area (Å²) in [5.41, 5.74) is 2.95. The molecular formula is C23H25ClN8. The molecular weight excluding hydrogens is 424 g/mol. The van der Waals surface area contributed by atoms with E-state index in [9.17, 15) is 0 Å². The highest BCUT2D eigenvalue weighted by Gasteiger charge is 2.19. The molecule has 0 unspecified atom stereocenters. The second kappa shape index (κ2) is 9.10. The molecule has 5 rings (SSSR count). The molecule has 0 radical (unpaired) electrons. The highest BCUT2D eigenvalue weighted by atomic mass is 35.5. The van der Waals surface area contributed by atoms with Crippen molar-refractivity contribution in [3.8, 4) is 5.95 Å². The van der Waals surface area contributed by atoms with E-state index in [1.54, 1.807) is 12.5 Å².